The van der Waals surface area contributed by atoms with Gasteiger partial charge < -0.3 is 9.63 Å². The zero-order valence-corrected chi connectivity index (χ0v) is 10.4. The van der Waals surface area contributed by atoms with Crippen LogP contribution in [0.15, 0.2) is 28.8 Å². The minimum absolute atomic E-state index is 0.0253. The van der Waals surface area contributed by atoms with Crippen LogP contribution in [0.1, 0.15) is 35.0 Å². The summed E-state index contributed by atoms with van der Waals surface area (Å²) in [7, 11) is 0. The second-order valence-electron chi connectivity index (χ2n) is 4.24. The van der Waals surface area contributed by atoms with Crippen molar-refractivity contribution in [3.8, 4) is 11.3 Å². The van der Waals surface area contributed by atoms with Crippen LogP contribution in [-0.4, -0.2) is 16.2 Å². The van der Waals surface area contributed by atoms with Crippen molar-refractivity contribution in [2.45, 2.75) is 26.7 Å². The topological polar surface area (TPSA) is 63.3 Å². The molecule has 1 aromatic heterocycles. The van der Waals surface area contributed by atoms with Gasteiger partial charge in [0.25, 0.3) is 0 Å². The van der Waals surface area contributed by atoms with Gasteiger partial charge in [-0.2, -0.15) is 0 Å². The van der Waals surface area contributed by atoms with Crippen molar-refractivity contribution in [1.82, 2.24) is 5.16 Å². The maximum absolute atomic E-state index is 10.9. The van der Waals surface area contributed by atoms with E-state index in [0.717, 1.165) is 18.4 Å². The van der Waals surface area contributed by atoms with Crippen molar-refractivity contribution in [2.24, 2.45) is 0 Å². The first-order chi connectivity index (χ1) is 8.63. The van der Waals surface area contributed by atoms with E-state index in [0.29, 0.717) is 11.3 Å². The lowest BCUT2D eigenvalue weighted by Gasteiger charge is -2.01. The highest BCUT2D eigenvalue weighted by molar-refractivity contribution is 5.88. The Hall–Kier alpha value is -2.10. The summed E-state index contributed by atoms with van der Waals surface area (Å²) < 4.78 is 5.11. The Morgan fingerprint density at radius 3 is 2.50 bits per heavy atom. The van der Waals surface area contributed by atoms with E-state index in [1.54, 1.807) is 6.92 Å². The van der Waals surface area contributed by atoms with Crippen molar-refractivity contribution < 1.29 is 14.4 Å². The molecular weight excluding hydrogens is 230 g/mol. The van der Waals surface area contributed by atoms with Gasteiger partial charge in [0, 0.05) is 11.1 Å². The lowest BCUT2D eigenvalue weighted by atomic mass is 10.0. The molecule has 0 atom stereocenters. The van der Waals surface area contributed by atoms with Gasteiger partial charge in [0.2, 0.25) is 0 Å². The van der Waals surface area contributed by atoms with Crippen molar-refractivity contribution in [2.75, 3.05) is 0 Å². The van der Waals surface area contributed by atoms with Gasteiger partial charge >= 0.3 is 5.97 Å². The number of hydrogen-bond donors (Lipinski definition) is 1. The van der Waals surface area contributed by atoms with Gasteiger partial charge in [0.1, 0.15) is 0 Å². The van der Waals surface area contributed by atoms with Gasteiger partial charge in [-0.05, 0) is 18.9 Å². The predicted molar refractivity (Wildman–Crippen MR) is 67.6 cm³/mol. The van der Waals surface area contributed by atoms with Crippen LogP contribution in [0, 0.1) is 6.92 Å². The van der Waals surface area contributed by atoms with Crippen LogP contribution >= 0.6 is 0 Å². The lowest BCUT2D eigenvalue weighted by Crippen LogP contribution is -1.98. The molecule has 18 heavy (non-hydrogen) atoms. The molecule has 0 aliphatic heterocycles. The van der Waals surface area contributed by atoms with Gasteiger partial charge in [0.15, 0.2) is 11.5 Å². The third kappa shape index (κ3) is 2.27. The van der Waals surface area contributed by atoms with Gasteiger partial charge in [-0.3, -0.25) is 0 Å². The summed E-state index contributed by atoms with van der Waals surface area (Å²) in [5, 5.41) is 12.5. The maximum Gasteiger partial charge on any atom is 0.358 e. The van der Waals surface area contributed by atoms with E-state index in [-0.39, 0.29) is 5.69 Å². The van der Waals surface area contributed by atoms with E-state index >= 15 is 0 Å². The molecule has 1 aromatic carbocycles. The molecular formula is C14H15NO3. The third-order valence-electron chi connectivity index (χ3n) is 2.88. The molecule has 1 N–H and O–H groups in total. The Kier molecular flexibility index (Phi) is 3.46. The average Bonchev–Trinajstić information content (AvgIpc) is 2.73. The molecule has 0 amide bonds. The Labute approximate surface area is 105 Å². The number of rotatable bonds is 4. The number of carboxylic acids is 1. The van der Waals surface area contributed by atoms with Crippen molar-refractivity contribution in [3.05, 3.63) is 41.1 Å². The zero-order valence-electron chi connectivity index (χ0n) is 10.4. The van der Waals surface area contributed by atoms with E-state index in [4.69, 9.17) is 9.63 Å². The van der Waals surface area contributed by atoms with Crippen LogP contribution in [0.3, 0.4) is 0 Å². The summed E-state index contributed by atoms with van der Waals surface area (Å²) in [6.07, 6.45) is 2.14. The average molecular weight is 245 g/mol. The zero-order chi connectivity index (χ0) is 13.1. The SMILES string of the molecule is CCCc1ccc(-c2onc(C(=O)O)c2C)cc1. The summed E-state index contributed by atoms with van der Waals surface area (Å²) in [6.45, 7) is 3.84. The first kappa shape index (κ1) is 12.4. The number of aryl methyl sites for hydroxylation is 1. The normalized spacial score (nSPS) is 10.6. The van der Waals surface area contributed by atoms with Gasteiger partial charge in [-0.1, -0.05) is 42.8 Å². The minimum atomic E-state index is -1.06. The number of nitrogens with zero attached hydrogens (tertiary/aromatic N) is 1. The van der Waals surface area contributed by atoms with E-state index in [1.807, 2.05) is 24.3 Å². The summed E-state index contributed by atoms with van der Waals surface area (Å²) in [5.74, 6) is -0.541. The number of aromatic nitrogens is 1. The van der Waals surface area contributed by atoms with E-state index in [2.05, 4.69) is 12.1 Å². The van der Waals surface area contributed by atoms with Crippen LogP contribution in [0.5, 0.6) is 0 Å². The molecule has 0 radical (unpaired) electrons. The smallest absolute Gasteiger partial charge is 0.358 e. The lowest BCUT2D eigenvalue weighted by molar-refractivity contribution is 0.0685. The summed E-state index contributed by atoms with van der Waals surface area (Å²) in [4.78, 5) is 10.9. The summed E-state index contributed by atoms with van der Waals surface area (Å²) in [6, 6.07) is 7.93. The highest BCUT2D eigenvalue weighted by atomic mass is 16.5. The molecule has 4 nitrogen and oxygen atoms in total. The summed E-state index contributed by atoms with van der Waals surface area (Å²) in [5.41, 5.74) is 2.65. The Bertz CT molecular complexity index is 555. The molecule has 94 valence electrons. The Morgan fingerprint density at radius 1 is 1.33 bits per heavy atom. The van der Waals surface area contributed by atoms with Crippen LogP contribution in [-0.2, 0) is 6.42 Å². The number of hydrogen-bond acceptors (Lipinski definition) is 3. The second-order valence-corrected chi connectivity index (χ2v) is 4.24. The fraction of sp³-hybridized carbons (Fsp3) is 0.286. The number of carboxylic acid groups (broad SMARTS) is 1. The third-order valence-corrected chi connectivity index (χ3v) is 2.88. The first-order valence-corrected chi connectivity index (χ1v) is 5.92. The van der Waals surface area contributed by atoms with Gasteiger partial charge in [-0.25, -0.2) is 4.79 Å². The van der Waals surface area contributed by atoms with Crippen LogP contribution in [0.2, 0.25) is 0 Å². The van der Waals surface area contributed by atoms with Crippen LogP contribution in [0.25, 0.3) is 11.3 Å². The Morgan fingerprint density at radius 2 is 2.00 bits per heavy atom. The predicted octanol–water partition coefficient (Wildman–Crippen LogP) is 3.30. The highest BCUT2D eigenvalue weighted by Crippen LogP contribution is 2.26. The molecule has 0 saturated carbocycles. The molecule has 2 aromatic rings. The molecule has 4 heteroatoms. The first-order valence-electron chi connectivity index (χ1n) is 5.92. The van der Waals surface area contributed by atoms with E-state index < -0.39 is 5.97 Å². The Balaban J connectivity index is 2.34. The molecule has 0 aliphatic rings. The second kappa shape index (κ2) is 5.04. The number of carbonyl (C=O) groups is 1. The number of benzene rings is 1. The number of aromatic carboxylic acids is 1. The fourth-order valence-electron chi connectivity index (χ4n) is 1.92. The molecule has 0 fully saturated rings. The van der Waals surface area contributed by atoms with E-state index in [9.17, 15) is 4.79 Å². The monoisotopic (exact) mass is 245 g/mol. The fourth-order valence-corrected chi connectivity index (χ4v) is 1.92. The van der Waals surface area contributed by atoms with Crippen LogP contribution in [0.4, 0.5) is 0 Å². The molecule has 0 spiro atoms. The molecule has 0 bridgehead atoms. The van der Waals surface area contributed by atoms with Crippen molar-refractivity contribution in [3.63, 3.8) is 0 Å². The van der Waals surface area contributed by atoms with E-state index in [1.165, 1.54) is 5.56 Å². The molecule has 2 rings (SSSR count). The van der Waals surface area contributed by atoms with Gasteiger partial charge in [0.05, 0.1) is 0 Å². The maximum atomic E-state index is 10.9. The van der Waals surface area contributed by atoms with Crippen molar-refractivity contribution >= 4 is 5.97 Å². The largest absolute Gasteiger partial charge is 0.476 e. The van der Waals surface area contributed by atoms with Crippen LogP contribution < -0.4 is 0 Å². The minimum Gasteiger partial charge on any atom is -0.476 e. The molecule has 1 heterocycles. The molecule has 0 aliphatic carbocycles. The standard InChI is InChI=1S/C14H15NO3/c1-3-4-10-5-7-11(8-6-10)13-9(2)12(14(16)17)15-18-13/h5-8H,3-4H2,1-2H3,(H,16,17). The molecule has 0 unspecified atom stereocenters. The highest BCUT2D eigenvalue weighted by Gasteiger charge is 2.18. The molecule has 0 saturated heterocycles. The van der Waals surface area contributed by atoms with Crippen molar-refractivity contribution in [1.29, 1.82) is 0 Å². The van der Waals surface area contributed by atoms with Gasteiger partial charge in [-0.15, -0.1) is 0 Å². The summed E-state index contributed by atoms with van der Waals surface area (Å²) >= 11 is 0. The quantitative estimate of drug-likeness (QED) is 0.897.